The molecule has 2 aromatic carbocycles. The fourth-order valence-corrected chi connectivity index (χ4v) is 2.02. The summed E-state index contributed by atoms with van der Waals surface area (Å²) in [6, 6.07) is 15.2. The Morgan fingerprint density at radius 3 is 2.50 bits per heavy atom. The van der Waals surface area contributed by atoms with Gasteiger partial charge in [-0.15, -0.1) is 0 Å². The van der Waals surface area contributed by atoms with E-state index in [0.717, 1.165) is 16.9 Å². The highest BCUT2D eigenvalue weighted by molar-refractivity contribution is 5.80. The number of nitrogens with one attached hydrogen (secondary N) is 1. The molecule has 22 heavy (non-hydrogen) atoms. The summed E-state index contributed by atoms with van der Waals surface area (Å²) in [6.45, 7) is 4.19. The third kappa shape index (κ3) is 4.52. The van der Waals surface area contributed by atoms with Crippen LogP contribution >= 0.6 is 0 Å². The van der Waals surface area contributed by atoms with Gasteiger partial charge in [0.15, 0.2) is 6.10 Å². The molecule has 0 unspecified atom stereocenters. The highest BCUT2D eigenvalue weighted by atomic mass is 16.5. The number of hydrogen-bond donors (Lipinski definition) is 1. The van der Waals surface area contributed by atoms with E-state index in [4.69, 9.17) is 9.47 Å². The zero-order valence-electron chi connectivity index (χ0n) is 13.1. The van der Waals surface area contributed by atoms with Crippen LogP contribution in [0, 0.1) is 6.92 Å². The van der Waals surface area contributed by atoms with Gasteiger partial charge in [0.05, 0.1) is 7.11 Å². The average Bonchev–Trinajstić information content (AvgIpc) is 2.53. The molecule has 1 amide bonds. The SMILES string of the molecule is COc1ccc(CNC(=O)[C@H](C)Oc2cccc(C)c2)cc1. The quantitative estimate of drug-likeness (QED) is 0.891. The first kappa shape index (κ1) is 15.9. The van der Waals surface area contributed by atoms with Crippen molar-refractivity contribution >= 4 is 5.91 Å². The highest BCUT2D eigenvalue weighted by Gasteiger charge is 2.14. The minimum absolute atomic E-state index is 0.141. The number of carbonyl (C=O) groups excluding carboxylic acids is 1. The maximum absolute atomic E-state index is 12.1. The van der Waals surface area contributed by atoms with Crippen LogP contribution < -0.4 is 14.8 Å². The van der Waals surface area contributed by atoms with Crippen LogP contribution in [-0.4, -0.2) is 19.1 Å². The van der Waals surface area contributed by atoms with E-state index in [2.05, 4.69) is 5.32 Å². The Labute approximate surface area is 131 Å². The van der Waals surface area contributed by atoms with Crippen molar-refractivity contribution in [1.82, 2.24) is 5.32 Å². The van der Waals surface area contributed by atoms with Crippen molar-refractivity contribution in [2.24, 2.45) is 0 Å². The Hall–Kier alpha value is -2.49. The van der Waals surface area contributed by atoms with E-state index in [1.165, 1.54) is 0 Å². The van der Waals surface area contributed by atoms with Crippen LogP contribution in [0.5, 0.6) is 11.5 Å². The summed E-state index contributed by atoms with van der Waals surface area (Å²) in [4.78, 5) is 12.1. The fraction of sp³-hybridized carbons (Fsp3) is 0.278. The van der Waals surface area contributed by atoms with E-state index in [0.29, 0.717) is 12.3 Å². The van der Waals surface area contributed by atoms with Crippen LogP contribution in [0.15, 0.2) is 48.5 Å². The summed E-state index contributed by atoms with van der Waals surface area (Å²) in [7, 11) is 1.63. The number of aryl methyl sites for hydroxylation is 1. The number of hydrogen-bond acceptors (Lipinski definition) is 3. The average molecular weight is 299 g/mol. The standard InChI is InChI=1S/C18H21NO3/c1-13-5-4-6-17(11-13)22-14(2)18(20)19-12-15-7-9-16(21-3)10-8-15/h4-11,14H,12H2,1-3H3,(H,19,20)/t14-/m0/s1. The van der Waals surface area contributed by atoms with Gasteiger partial charge in [0.1, 0.15) is 11.5 Å². The summed E-state index contributed by atoms with van der Waals surface area (Å²) in [6.07, 6.45) is -0.542. The molecule has 0 aliphatic carbocycles. The molecule has 0 aliphatic heterocycles. The minimum Gasteiger partial charge on any atom is -0.497 e. The number of ether oxygens (including phenoxy) is 2. The van der Waals surface area contributed by atoms with Gasteiger partial charge in [-0.3, -0.25) is 4.79 Å². The number of benzene rings is 2. The molecule has 0 heterocycles. The molecule has 0 saturated carbocycles. The van der Waals surface area contributed by atoms with Crippen molar-refractivity contribution in [3.05, 3.63) is 59.7 Å². The van der Waals surface area contributed by atoms with Crippen molar-refractivity contribution in [3.8, 4) is 11.5 Å². The molecular weight excluding hydrogens is 278 g/mol. The molecule has 0 bridgehead atoms. The molecule has 4 heteroatoms. The molecule has 0 spiro atoms. The first-order chi connectivity index (χ1) is 10.6. The van der Waals surface area contributed by atoms with E-state index in [1.54, 1.807) is 14.0 Å². The van der Waals surface area contributed by atoms with E-state index >= 15 is 0 Å². The summed E-state index contributed by atoms with van der Waals surface area (Å²) >= 11 is 0. The second-order valence-corrected chi connectivity index (χ2v) is 5.14. The summed E-state index contributed by atoms with van der Waals surface area (Å²) < 4.78 is 10.8. The van der Waals surface area contributed by atoms with Crippen molar-refractivity contribution < 1.29 is 14.3 Å². The molecule has 1 N–H and O–H groups in total. The Morgan fingerprint density at radius 1 is 1.14 bits per heavy atom. The summed E-state index contributed by atoms with van der Waals surface area (Å²) in [5.74, 6) is 1.36. The first-order valence-corrected chi connectivity index (χ1v) is 7.22. The molecule has 0 fully saturated rings. The van der Waals surface area contributed by atoms with Crippen LogP contribution in [-0.2, 0) is 11.3 Å². The molecule has 2 aromatic rings. The zero-order chi connectivity index (χ0) is 15.9. The normalized spacial score (nSPS) is 11.6. The van der Waals surface area contributed by atoms with Crippen molar-refractivity contribution in [2.45, 2.75) is 26.5 Å². The number of carbonyl (C=O) groups is 1. The predicted octanol–water partition coefficient (Wildman–Crippen LogP) is 3.09. The van der Waals surface area contributed by atoms with E-state index in [9.17, 15) is 4.79 Å². The highest BCUT2D eigenvalue weighted by Crippen LogP contribution is 2.14. The van der Waals surface area contributed by atoms with Crippen molar-refractivity contribution in [1.29, 1.82) is 0 Å². The van der Waals surface area contributed by atoms with Gasteiger partial charge in [-0.05, 0) is 49.2 Å². The third-order valence-electron chi connectivity index (χ3n) is 3.30. The second-order valence-electron chi connectivity index (χ2n) is 5.14. The van der Waals surface area contributed by atoms with Gasteiger partial charge in [0, 0.05) is 6.54 Å². The van der Waals surface area contributed by atoms with Gasteiger partial charge in [-0.2, -0.15) is 0 Å². The van der Waals surface area contributed by atoms with Crippen LogP contribution in [0.2, 0.25) is 0 Å². The smallest absolute Gasteiger partial charge is 0.261 e. The maximum atomic E-state index is 12.1. The van der Waals surface area contributed by atoms with Crippen LogP contribution in [0.4, 0.5) is 0 Å². The molecule has 1 atom stereocenters. The van der Waals surface area contributed by atoms with Gasteiger partial charge in [0.25, 0.3) is 5.91 Å². The Morgan fingerprint density at radius 2 is 1.86 bits per heavy atom. The Balaban J connectivity index is 1.85. The third-order valence-corrected chi connectivity index (χ3v) is 3.30. The van der Waals surface area contributed by atoms with Gasteiger partial charge in [0.2, 0.25) is 0 Å². The first-order valence-electron chi connectivity index (χ1n) is 7.22. The lowest BCUT2D eigenvalue weighted by Crippen LogP contribution is -2.35. The largest absolute Gasteiger partial charge is 0.497 e. The van der Waals surface area contributed by atoms with E-state index in [-0.39, 0.29) is 5.91 Å². The monoisotopic (exact) mass is 299 g/mol. The molecule has 0 aliphatic rings. The number of amides is 1. The number of rotatable bonds is 6. The number of methoxy groups -OCH3 is 1. The van der Waals surface area contributed by atoms with Crippen molar-refractivity contribution in [3.63, 3.8) is 0 Å². The van der Waals surface area contributed by atoms with Gasteiger partial charge in [-0.1, -0.05) is 24.3 Å². The lowest BCUT2D eigenvalue weighted by atomic mass is 10.2. The Kier molecular flexibility index (Phi) is 5.42. The van der Waals surface area contributed by atoms with Gasteiger partial charge >= 0.3 is 0 Å². The van der Waals surface area contributed by atoms with Gasteiger partial charge < -0.3 is 14.8 Å². The molecule has 0 radical (unpaired) electrons. The summed E-state index contributed by atoms with van der Waals surface area (Å²) in [5, 5.41) is 2.87. The molecule has 0 saturated heterocycles. The lowest BCUT2D eigenvalue weighted by Gasteiger charge is -2.15. The van der Waals surface area contributed by atoms with E-state index < -0.39 is 6.10 Å². The topological polar surface area (TPSA) is 47.6 Å². The molecular formula is C18H21NO3. The van der Waals surface area contributed by atoms with Crippen LogP contribution in [0.25, 0.3) is 0 Å². The van der Waals surface area contributed by atoms with Crippen LogP contribution in [0.1, 0.15) is 18.1 Å². The lowest BCUT2D eigenvalue weighted by molar-refractivity contribution is -0.127. The van der Waals surface area contributed by atoms with Crippen LogP contribution in [0.3, 0.4) is 0 Å². The molecule has 0 aromatic heterocycles. The predicted molar refractivity (Wildman–Crippen MR) is 86.1 cm³/mol. The van der Waals surface area contributed by atoms with E-state index in [1.807, 2.05) is 55.5 Å². The molecule has 116 valence electrons. The molecule has 2 rings (SSSR count). The minimum atomic E-state index is -0.542. The molecule has 4 nitrogen and oxygen atoms in total. The zero-order valence-corrected chi connectivity index (χ0v) is 13.1. The maximum Gasteiger partial charge on any atom is 0.261 e. The summed E-state index contributed by atoms with van der Waals surface area (Å²) in [5.41, 5.74) is 2.11. The Bertz CT molecular complexity index is 622. The van der Waals surface area contributed by atoms with Crippen molar-refractivity contribution in [2.75, 3.05) is 7.11 Å². The fourth-order valence-electron chi connectivity index (χ4n) is 2.02. The van der Waals surface area contributed by atoms with Gasteiger partial charge in [-0.25, -0.2) is 0 Å². The second kappa shape index (κ2) is 7.50.